The van der Waals surface area contributed by atoms with Crippen LogP contribution in [-0.2, 0) is 0 Å². The van der Waals surface area contributed by atoms with E-state index in [1.807, 2.05) is 42.5 Å². The van der Waals surface area contributed by atoms with Crippen molar-refractivity contribution in [2.75, 3.05) is 0 Å². The summed E-state index contributed by atoms with van der Waals surface area (Å²) in [5, 5.41) is 2.26. The summed E-state index contributed by atoms with van der Waals surface area (Å²) in [6.07, 6.45) is 0. The third-order valence-electron chi connectivity index (χ3n) is 9.39. The van der Waals surface area contributed by atoms with Gasteiger partial charge in [-0.2, -0.15) is 0 Å². The van der Waals surface area contributed by atoms with Crippen LogP contribution in [0.15, 0.2) is 174 Å². The summed E-state index contributed by atoms with van der Waals surface area (Å²) in [5.74, 6) is 2.50. The van der Waals surface area contributed by atoms with Gasteiger partial charge in [0.15, 0.2) is 23.1 Å². The van der Waals surface area contributed by atoms with Crippen molar-refractivity contribution in [3.8, 4) is 67.9 Å². The Hall–Kier alpha value is -6.76. The maximum atomic E-state index is 6.31. The minimum Gasteiger partial charge on any atom is -0.436 e. The van der Waals surface area contributed by atoms with E-state index >= 15 is 0 Å². The van der Waals surface area contributed by atoms with E-state index in [0.29, 0.717) is 23.4 Å². The first kappa shape index (κ1) is 30.1. The van der Waals surface area contributed by atoms with E-state index in [2.05, 4.69) is 127 Å². The van der Waals surface area contributed by atoms with E-state index in [4.69, 9.17) is 24.4 Å². The van der Waals surface area contributed by atoms with E-state index in [1.54, 1.807) is 11.3 Å². The first-order valence-electron chi connectivity index (χ1n) is 17.1. The molecule has 0 unspecified atom stereocenters. The standard InChI is InChI=1S/C46H28N4OS/c1-4-10-29(11-5-1)31-16-20-34(21-17-31)44-48-43(33-14-8-3-9-15-33)49-45(50-44)36-24-25-41-37(26-36)38-27-39-40(28-42(38)52-41)51-46(47-39)35-22-18-32(19-23-35)30-12-6-2-7-13-30/h1-28H. The smallest absolute Gasteiger partial charge is 0.227 e. The van der Waals surface area contributed by atoms with E-state index in [-0.39, 0.29) is 0 Å². The molecule has 0 N–H and O–H groups in total. The lowest BCUT2D eigenvalue weighted by Crippen LogP contribution is -2.00. The second kappa shape index (κ2) is 12.5. The molecule has 3 aromatic heterocycles. The number of benzene rings is 7. The molecule has 10 aromatic rings. The summed E-state index contributed by atoms with van der Waals surface area (Å²) >= 11 is 1.74. The fourth-order valence-corrected chi connectivity index (χ4v) is 7.79. The van der Waals surface area contributed by atoms with E-state index in [1.165, 1.54) is 15.8 Å². The molecule has 0 atom stereocenters. The molecule has 0 saturated carbocycles. The first-order valence-corrected chi connectivity index (χ1v) is 17.9. The molecule has 0 spiro atoms. The summed E-state index contributed by atoms with van der Waals surface area (Å²) in [5.41, 5.74) is 9.99. The van der Waals surface area contributed by atoms with Crippen LogP contribution in [0.1, 0.15) is 0 Å². The fourth-order valence-electron chi connectivity index (χ4n) is 6.69. The van der Waals surface area contributed by atoms with Crippen LogP contribution in [0.25, 0.3) is 99.1 Å². The third-order valence-corrected chi connectivity index (χ3v) is 10.5. The Labute approximate surface area is 303 Å². The number of oxazole rings is 1. The molecule has 7 aromatic carbocycles. The zero-order valence-corrected chi connectivity index (χ0v) is 28.6. The van der Waals surface area contributed by atoms with Crippen molar-refractivity contribution >= 4 is 42.6 Å². The maximum Gasteiger partial charge on any atom is 0.227 e. The van der Waals surface area contributed by atoms with Crippen LogP contribution in [0.4, 0.5) is 0 Å². The highest BCUT2D eigenvalue weighted by Crippen LogP contribution is 2.39. The van der Waals surface area contributed by atoms with Crippen LogP contribution in [0, 0.1) is 0 Å². The quantitative estimate of drug-likeness (QED) is 0.174. The van der Waals surface area contributed by atoms with Crippen molar-refractivity contribution in [2.45, 2.75) is 0 Å². The normalized spacial score (nSPS) is 11.5. The van der Waals surface area contributed by atoms with Gasteiger partial charge in [-0.25, -0.2) is 19.9 Å². The Morgan fingerprint density at radius 2 is 0.788 bits per heavy atom. The lowest BCUT2D eigenvalue weighted by molar-refractivity contribution is 0.620. The highest BCUT2D eigenvalue weighted by atomic mass is 32.1. The highest BCUT2D eigenvalue weighted by Gasteiger charge is 2.16. The number of nitrogens with zero attached hydrogens (tertiary/aromatic N) is 4. The van der Waals surface area contributed by atoms with Crippen LogP contribution < -0.4 is 0 Å². The van der Waals surface area contributed by atoms with Gasteiger partial charge in [-0.05, 0) is 58.7 Å². The summed E-state index contributed by atoms with van der Waals surface area (Å²) in [6, 6.07) is 58.3. The van der Waals surface area contributed by atoms with Crippen molar-refractivity contribution in [3.63, 3.8) is 0 Å². The first-order chi connectivity index (χ1) is 25.7. The van der Waals surface area contributed by atoms with E-state index in [0.717, 1.165) is 60.0 Å². The second-order valence-corrected chi connectivity index (χ2v) is 13.8. The minimum absolute atomic E-state index is 0.611. The van der Waals surface area contributed by atoms with Gasteiger partial charge in [0.25, 0.3) is 0 Å². The van der Waals surface area contributed by atoms with Crippen molar-refractivity contribution in [2.24, 2.45) is 0 Å². The number of aromatic nitrogens is 4. The molecule has 0 amide bonds. The van der Waals surface area contributed by atoms with Gasteiger partial charge >= 0.3 is 0 Å². The highest BCUT2D eigenvalue weighted by molar-refractivity contribution is 7.25. The summed E-state index contributed by atoms with van der Waals surface area (Å²) < 4.78 is 8.63. The third kappa shape index (κ3) is 5.52. The van der Waals surface area contributed by atoms with Gasteiger partial charge in [-0.3, -0.25) is 0 Å². The summed E-state index contributed by atoms with van der Waals surface area (Å²) in [4.78, 5) is 19.9. The van der Waals surface area contributed by atoms with Gasteiger partial charge in [0.1, 0.15) is 5.52 Å². The average Bonchev–Trinajstić information content (AvgIpc) is 3.81. The molecule has 0 aliphatic carbocycles. The van der Waals surface area contributed by atoms with Gasteiger partial charge < -0.3 is 4.42 Å². The molecule has 5 nitrogen and oxygen atoms in total. The Kier molecular flexibility index (Phi) is 7.25. The zero-order chi connectivity index (χ0) is 34.4. The molecule has 244 valence electrons. The molecule has 0 aliphatic heterocycles. The number of hydrogen-bond donors (Lipinski definition) is 0. The van der Waals surface area contributed by atoms with Crippen LogP contribution in [-0.4, -0.2) is 19.9 Å². The van der Waals surface area contributed by atoms with Crippen molar-refractivity contribution in [1.82, 2.24) is 19.9 Å². The average molecular weight is 685 g/mol. The van der Waals surface area contributed by atoms with Crippen LogP contribution in [0.2, 0.25) is 0 Å². The van der Waals surface area contributed by atoms with Gasteiger partial charge in [0.05, 0.1) is 0 Å². The van der Waals surface area contributed by atoms with Gasteiger partial charge in [-0.15, -0.1) is 11.3 Å². The zero-order valence-electron chi connectivity index (χ0n) is 27.8. The number of thiophene rings is 1. The van der Waals surface area contributed by atoms with Crippen molar-refractivity contribution < 1.29 is 4.42 Å². The predicted octanol–water partition coefficient (Wildman–Crippen LogP) is 12.4. The number of fused-ring (bicyclic) bond motifs is 4. The summed E-state index contributed by atoms with van der Waals surface area (Å²) in [7, 11) is 0. The molecule has 3 heterocycles. The Bertz CT molecular complexity index is 2870. The summed E-state index contributed by atoms with van der Waals surface area (Å²) in [6.45, 7) is 0. The Morgan fingerprint density at radius 3 is 1.38 bits per heavy atom. The predicted molar refractivity (Wildman–Crippen MR) is 213 cm³/mol. The molecule has 0 saturated heterocycles. The molecule has 0 radical (unpaired) electrons. The largest absolute Gasteiger partial charge is 0.436 e. The lowest BCUT2D eigenvalue weighted by atomic mass is 10.0. The molecule has 0 fully saturated rings. The molecule has 0 aliphatic rings. The number of hydrogen-bond acceptors (Lipinski definition) is 6. The molecule has 52 heavy (non-hydrogen) atoms. The molecule has 10 rings (SSSR count). The van der Waals surface area contributed by atoms with E-state index < -0.39 is 0 Å². The topological polar surface area (TPSA) is 64.7 Å². The maximum absolute atomic E-state index is 6.31. The van der Waals surface area contributed by atoms with Gasteiger partial charge in [0.2, 0.25) is 5.89 Å². The number of rotatable bonds is 6. The molecule has 0 bridgehead atoms. The minimum atomic E-state index is 0.611. The molecule has 6 heteroatoms. The van der Waals surface area contributed by atoms with E-state index in [9.17, 15) is 0 Å². The second-order valence-electron chi connectivity index (χ2n) is 12.7. The molecular weight excluding hydrogens is 657 g/mol. The van der Waals surface area contributed by atoms with Crippen LogP contribution in [0.5, 0.6) is 0 Å². The van der Waals surface area contributed by atoms with Gasteiger partial charge in [0, 0.05) is 48.5 Å². The SMILES string of the molecule is c1ccc(-c2ccc(-c3nc(-c4ccccc4)nc(-c4ccc5sc6cc7oc(-c8ccc(-c9ccccc9)cc8)nc7cc6c5c4)n3)cc2)cc1. The Balaban J connectivity index is 1.04. The van der Waals surface area contributed by atoms with Crippen molar-refractivity contribution in [3.05, 3.63) is 170 Å². The molecular formula is C46H28N4OS. The van der Waals surface area contributed by atoms with Crippen LogP contribution in [0.3, 0.4) is 0 Å². The monoisotopic (exact) mass is 684 g/mol. The van der Waals surface area contributed by atoms with Crippen molar-refractivity contribution in [1.29, 1.82) is 0 Å². The lowest BCUT2D eigenvalue weighted by Gasteiger charge is -2.09. The fraction of sp³-hybridized carbons (Fsp3) is 0. The van der Waals surface area contributed by atoms with Crippen LogP contribution >= 0.6 is 11.3 Å². The van der Waals surface area contributed by atoms with Gasteiger partial charge in [-0.1, -0.05) is 127 Å². The Morgan fingerprint density at radius 1 is 0.346 bits per heavy atom.